The maximum absolute atomic E-state index is 8.39. The zero-order valence-electron chi connectivity index (χ0n) is 4.75. The van der Waals surface area contributed by atoms with E-state index in [1.54, 1.807) is 0 Å². The molecular weight excluding hydrogens is 132 g/mol. The van der Waals surface area contributed by atoms with E-state index in [1.165, 1.54) is 0 Å². The summed E-state index contributed by atoms with van der Waals surface area (Å²) in [7, 11) is 0. The van der Waals surface area contributed by atoms with Crippen molar-refractivity contribution in [2.24, 2.45) is 5.92 Å². The summed E-state index contributed by atoms with van der Waals surface area (Å²) < 4.78 is 0. The molecular formula is C5H14MgO3. The third-order valence-corrected chi connectivity index (χ3v) is 1.05. The van der Waals surface area contributed by atoms with Gasteiger partial charge in [-0.15, -0.1) is 0 Å². The first-order valence-corrected chi connectivity index (χ1v) is 2.67. The van der Waals surface area contributed by atoms with Crippen molar-refractivity contribution in [3.05, 3.63) is 0 Å². The van der Waals surface area contributed by atoms with Gasteiger partial charge < -0.3 is 15.3 Å². The van der Waals surface area contributed by atoms with Crippen LogP contribution in [0.2, 0.25) is 0 Å². The lowest BCUT2D eigenvalue weighted by atomic mass is 10.1. The van der Waals surface area contributed by atoms with Crippen molar-refractivity contribution < 1.29 is 15.3 Å². The summed E-state index contributed by atoms with van der Waals surface area (Å²) in [5.74, 6) is -0.139. The minimum Gasteiger partial charge on any atom is -0.396 e. The topological polar surface area (TPSA) is 60.7 Å². The van der Waals surface area contributed by atoms with Gasteiger partial charge in [0.2, 0.25) is 0 Å². The smallest absolute Gasteiger partial charge is 0.316 e. The maximum atomic E-state index is 8.39. The van der Waals surface area contributed by atoms with Crippen LogP contribution in [0.4, 0.5) is 0 Å². The van der Waals surface area contributed by atoms with Crippen LogP contribution < -0.4 is 0 Å². The normalized spacial score (nSPS) is 9.33. The second kappa shape index (κ2) is 8.65. The predicted octanol–water partition coefficient (Wildman–Crippen LogP) is -1.95. The van der Waals surface area contributed by atoms with Crippen LogP contribution in [-0.4, -0.2) is 58.2 Å². The van der Waals surface area contributed by atoms with Crippen molar-refractivity contribution >= 4 is 23.1 Å². The van der Waals surface area contributed by atoms with Crippen molar-refractivity contribution in [1.29, 1.82) is 0 Å². The van der Waals surface area contributed by atoms with Crippen LogP contribution in [0.5, 0.6) is 0 Å². The third kappa shape index (κ3) is 6.53. The third-order valence-electron chi connectivity index (χ3n) is 1.05. The molecule has 0 unspecified atom stereocenters. The lowest BCUT2D eigenvalue weighted by molar-refractivity contribution is 0.124. The molecule has 0 spiro atoms. The van der Waals surface area contributed by atoms with Gasteiger partial charge in [-0.25, -0.2) is 0 Å². The number of rotatable bonds is 4. The summed E-state index contributed by atoms with van der Waals surface area (Å²) in [5, 5.41) is 25.0. The van der Waals surface area contributed by atoms with Gasteiger partial charge in [0, 0.05) is 25.7 Å². The molecule has 0 heterocycles. The number of aliphatic hydroxyl groups is 3. The van der Waals surface area contributed by atoms with Gasteiger partial charge in [0.05, 0.1) is 0 Å². The molecule has 0 atom stereocenters. The minimum absolute atomic E-state index is 0. The minimum atomic E-state index is -0.139. The van der Waals surface area contributed by atoms with Gasteiger partial charge in [-0.05, 0) is 6.42 Å². The second-order valence-electron chi connectivity index (χ2n) is 1.74. The molecule has 9 heavy (non-hydrogen) atoms. The number of hydrogen-bond acceptors (Lipinski definition) is 3. The molecule has 0 aliphatic carbocycles. The Balaban J connectivity index is 0. The van der Waals surface area contributed by atoms with Crippen LogP contribution in [0.25, 0.3) is 0 Å². The second-order valence-corrected chi connectivity index (χ2v) is 1.74. The van der Waals surface area contributed by atoms with Gasteiger partial charge in [0.15, 0.2) is 0 Å². The standard InChI is InChI=1S/C5H12O3.Mg.2H/c6-2-1-5(3-7)4-8;;;/h5-8H,1-4H2;;;. The van der Waals surface area contributed by atoms with Crippen LogP contribution in [-0.2, 0) is 0 Å². The Bertz CT molecular complexity index is 47.5. The van der Waals surface area contributed by atoms with E-state index < -0.39 is 0 Å². The van der Waals surface area contributed by atoms with Crippen LogP contribution in [0.3, 0.4) is 0 Å². The van der Waals surface area contributed by atoms with Crippen LogP contribution in [0.1, 0.15) is 6.42 Å². The SMILES string of the molecule is OCCC(CO)CO.[MgH2]. The fourth-order valence-electron chi connectivity index (χ4n) is 0.423. The van der Waals surface area contributed by atoms with E-state index in [0.29, 0.717) is 6.42 Å². The first kappa shape index (κ1) is 12.3. The quantitative estimate of drug-likeness (QED) is 0.404. The summed E-state index contributed by atoms with van der Waals surface area (Å²) in [6.45, 7) is -0.0556. The summed E-state index contributed by atoms with van der Waals surface area (Å²) in [4.78, 5) is 0. The van der Waals surface area contributed by atoms with Gasteiger partial charge >= 0.3 is 23.1 Å². The number of aliphatic hydroxyl groups excluding tert-OH is 3. The molecule has 4 heteroatoms. The first-order valence-electron chi connectivity index (χ1n) is 2.67. The highest BCUT2D eigenvalue weighted by Gasteiger charge is 2.02. The Morgan fingerprint density at radius 1 is 1.00 bits per heavy atom. The summed E-state index contributed by atoms with van der Waals surface area (Å²) in [6, 6.07) is 0. The molecule has 0 aliphatic rings. The molecule has 0 saturated heterocycles. The molecule has 0 aliphatic heterocycles. The maximum Gasteiger partial charge on any atom is 0.316 e. The molecule has 0 saturated carbocycles. The van der Waals surface area contributed by atoms with Crippen LogP contribution in [0.15, 0.2) is 0 Å². The summed E-state index contributed by atoms with van der Waals surface area (Å²) >= 11 is 0. The lowest BCUT2D eigenvalue weighted by Gasteiger charge is -2.06. The van der Waals surface area contributed by atoms with Gasteiger partial charge in [0.1, 0.15) is 0 Å². The summed E-state index contributed by atoms with van der Waals surface area (Å²) in [5.41, 5.74) is 0. The lowest BCUT2D eigenvalue weighted by Crippen LogP contribution is -2.12. The summed E-state index contributed by atoms with van der Waals surface area (Å²) in [6.07, 6.45) is 0.479. The van der Waals surface area contributed by atoms with Crippen molar-refractivity contribution in [2.75, 3.05) is 19.8 Å². The zero-order valence-corrected chi connectivity index (χ0v) is 4.75. The molecule has 0 bridgehead atoms. The molecule has 3 nitrogen and oxygen atoms in total. The van der Waals surface area contributed by atoms with Crippen molar-refractivity contribution in [3.63, 3.8) is 0 Å². The molecule has 0 amide bonds. The van der Waals surface area contributed by atoms with Crippen LogP contribution >= 0.6 is 0 Å². The fourth-order valence-corrected chi connectivity index (χ4v) is 0.423. The highest BCUT2D eigenvalue weighted by molar-refractivity contribution is 5.75. The van der Waals surface area contributed by atoms with E-state index in [1.807, 2.05) is 0 Å². The van der Waals surface area contributed by atoms with Gasteiger partial charge in [-0.3, -0.25) is 0 Å². The Morgan fingerprint density at radius 2 is 1.44 bits per heavy atom. The monoisotopic (exact) mass is 146 g/mol. The number of hydrogen-bond donors (Lipinski definition) is 3. The van der Waals surface area contributed by atoms with Crippen molar-refractivity contribution in [3.8, 4) is 0 Å². The van der Waals surface area contributed by atoms with E-state index in [-0.39, 0.29) is 48.8 Å². The molecule has 0 rings (SSSR count). The Labute approximate surface area is 70.9 Å². The van der Waals surface area contributed by atoms with Crippen molar-refractivity contribution in [1.82, 2.24) is 0 Å². The Hall–Kier alpha value is 0.646. The molecule has 0 aromatic rings. The van der Waals surface area contributed by atoms with E-state index in [0.717, 1.165) is 0 Å². The molecule has 0 aromatic carbocycles. The molecule has 3 N–H and O–H groups in total. The average molecular weight is 146 g/mol. The zero-order chi connectivity index (χ0) is 6.41. The van der Waals surface area contributed by atoms with E-state index in [2.05, 4.69) is 0 Å². The van der Waals surface area contributed by atoms with Gasteiger partial charge in [-0.1, -0.05) is 0 Å². The van der Waals surface area contributed by atoms with Gasteiger partial charge in [0.25, 0.3) is 0 Å². The highest BCUT2D eigenvalue weighted by Crippen LogP contribution is 1.97. The van der Waals surface area contributed by atoms with Gasteiger partial charge in [-0.2, -0.15) is 0 Å². The molecule has 54 valence electrons. The fraction of sp³-hybridized carbons (Fsp3) is 1.00. The highest BCUT2D eigenvalue weighted by atomic mass is 24.3. The van der Waals surface area contributed by atoms with E-state index >= 15 is 0 Å². The Morgan fingerprint density at radius 3 is 1.56 bits per heavy atom. The molecule has 0 fully saturated rings. The molecule has 0 aromatic heterocycles. The van der Waals surface area contributed by atoms with Crippen molar-refractivity contribution in [2.45, 2.75) is 6.42 Å². The van der Waals surface area contributed by atoms with Crippen LogP contribution in [0, 0.1) is 5.92 Å². The predicted molar refractivity (Wildman–Crippen MR) is 37.9 cm³/mol. The molecule has 0 radical (unpaired) electrons. The average Bonchev–Trinajstić information content (AvgIpc) is 1.83. The first-order chi connectivity index (χ1) is 3.85. The van der Waals surface area contributed by atoms with E-state index in [9.17, 15) is 0 Å². The largest absolute Gasteiger partial charge is 0.396 e. The Kier molecular flexibility index (Phi) is 11.8. The van der Waals surface area contributed by atoms with E-state index in [4.69, 9.17) is 15.3 Å².